The van der Waals surface area contributed by atoms with Crippen LogP contribution in [0.4, 0.5) is 5.82 Å². The van der Waals surface area contributed by atoms with Crippen LogP contribution in [0.2, 0.25) is 0 Å². The van der Waals surface area contributed by atoms with Gasteiger partial charge in [-0.15, -0.1) is 0 Å². The van der Waals surface area contributed by atoms with Crippen LogP contribution < -0.4 is 5.32 Å². The number of aromatic nitrogens is 2. The molecule has 1 aliphatic carbocycles. The molecule has 0 bridgehead atoms. The lowest BCUT2D eigenvalue weighted by molar-refractivity contribution is -0.117. The van der Waals surface area contributed by atoms with Gasteiger partial charge in [-0.05, 0) is 25.8 Å². The Morgan fingerprint density at radius 1 is 1.48 bits per heavy atom. The summed E-state index contributed by atoms with van der Waals surface area (Å²) in [7, 11) is 0. The molecule has 0 spiro atoms. The number of aliphatic hydroxyl groups excluding tert-OH is 1. The summed E-state index contributed by atoms with van der Waals surface area (Å²) in [5.74, 6) is 0.740. The highest BCUT2D eigenvalue weighted by Gasteiger charge is 2.20. The number of carbonyl (C=O) groups is 1. The molecule has 1 fully saturated rings. The molecule has 2 rings (SSSR count). The van der Waals surface area contributed by atoms with Gasteiger partial charge in [-0.2, -0.15) is 5.10 Å². The van der Waals surface area contributed by atoms with E-state index in [1.54, 1.807) is 6.20 Å². The number of hydrogen-bond acceptors (Lipinski definition) is 4. The van der Waals surface area contributed by atoms with Crippen LogP contribution in [0.5, 0.6) is 0 Å². The van der Waals surface area contributed by atoms with E-state index >= 15 is 0 Å². The van der Waals surface area contributed by atoms with Crippen LogP contribution in [0, 0.1) is 0 Å². The van der Waals surface area contributed by atoms with Crippen molar-refractivity contribution in [3.05, 3.63) is 12.3 Å². The van der Waals surface area contributed by atoms with Crippen LogP contribution in [0.15, 0.2) is 12.3 Å². The molecule has 0 aliphatic heterocycles. The SMILES string of the molecule is CCCN(CCO)CC(=O)Nc1ccnn1C1CCCC1. The lowest BCUT2D eigenvalue weighted by Gasteiger charge is -2.20. The number of rotatable bonds is 8. The lowest BCUT2D eigenvalue weighted by Crippen LogP contribution is -2.36. The Kier molecular flexibility index (Phi) is 6.20. The molecule has 0 atom stereocenters. The molecule has 0 radical (unpaired) electrons. The highest BCUT2D eigenvalue weighted by molar-refractivity contribution is 5.91. The Hall–Kier alpha value is -1.40. The van der Waals surface area contributed by atoms with Crippen molar-refractivity contribution in [2.45, 2.75) is 45.1 Å². The van der Waals surface area contributed by atoms with Crippen molar-refractivity contribution in [2.24, 2.45) is 0 Å². The maximum absolute atomic E-state index is 12.2. The molecule has 1 saturated carbocycles. The second-order valence-corrected chi connectivity index (χ2v) is 5.65. The van der Waals surface area contributed by atoms with Gasteiger partial charge in [0.05, 0.1) is 25.4 Å². The van der Waals surface area contributed by atoms with Gasteiger partial charge >= 0.3 is 0 Å². The summed E-state index contributed by atoms with van der Waals surface area (Å²) >= 11 is 0. The molecule has 118 valence electrons. The Morgan fingerprint density at radius 3 is 2.90 bits per heavy atom. The van der Waals surface area contributed by atoms with Gasteiger partial charge in [0.25, 0.3) is 0 Å². The van der Waals surface area contributed by atoms with Gasteiger partial charge in [0.1, 0.15) is 5.82 Å². The molecule has 1 aromatic rings. The summed E-state index contributed by atoms with van der Waals surface area (Å²) in [4.78, 5) is 14.1. The molecule has 1 amide bonds. The van der Waals surface area contributed by atoms with E-state index in [-0.39, 0.29) is 12.5 Å². The maximum atomic E-state index is 12.2. The van der Waals surface area contributed by atoms with Crippen molar-refractivity contribution < 1.29 is 9.90 Å². The third-order valence-corrected chi connectivity index (χ3v) is 3.93. The topological polar surface area (TPSA) is 70.4 Å². The van der Waals surface area contributed by atoms with Crippen LogP contribution in [0.3, 0.4) is 0 Å². The van der Waals surface area contributed by atoms with E-state index in [9.17, 15) is 4.79 Å². The van der Waals surface area contributed by atoms with Crippen molar-refractivity contribution >= 4 is 11.7 Å². The van der Waals surface area contributed by atoms with Gasteiger partial charge in [-0.25, -0.2) is 4.68 Å². The standard InChI is InChI=1S/C15H26N4O2/c1-2-9-18(10-11-20)12-15(21)17-14-7-8-16-19(14)13-5-3-4-6-13/h7-8,13,20H,2-6,9-12H2,1H3,(H,17,21). The average molecular weight is 294 g/mol. The fourth-order valence-electron chi connectivity index (χ4n) is 2.97. The van der Waals surface area contributed by atoms with Crippen LogP contribution in [0.1, 0.15) is 45.1 Å². The van der Waals surface area contributed by atoms with Gasteiger partial charge < -0.3 is 10.4 Å². The van der Waals surface area contributed by atoms with Crippen LogP contribution >= 0.6 is 0 Å². The van der Waals surface area contributed by atoms with E-state index in [1.807, 2.05) is 15.6 Å². The Morgan fingerprint density at radius 2 is 2.24 bits per heavy atom. The molecule has 6 heteroatoms. The minimum absolute atomic E-state index is 0.0448. The fraction of sp³-hybridized carbons (Fsp3) is 0.733. The van der Waals surface area contributed by atoms with Crippen LogP contribution in [0.25, 0.3) is 0 Å². The Balaban J connectivity index is 1.91. The number of anilines is 1. The normalized spacial score (nSPS) is 15.8. The molecule has 21 heavy (non-hydrogen) atoms. The largest absolute Gasteiger partial charge is 0.395 e. The summed E-state index contributed by atoms with van der Waals surface area (Å²) < 4.78 is 1.95. The van der Waals surface area contributed by atoms with Gasteiger partial charge in [-0.3, -0.25) is 9.69 Å². The number of nitrogens with one attached hydrogen (secondary N) is 1. The molecular weight excluding hydrogens is 268 g/mol. The minimum atomic E-state index is -0.0448. The number of aliphatic hydroxyl groups is 1. The van der Waals surface area contributed by atoms with E-state index < -0.39 is 0 Å². The fourth-order valence-corrected chi connectivity index (χ4v) is 2.97. The highest BCUT2D eigenvalue weighted by atomic mass is 16.3. The number of hydrogen-bond donors (Lipinski definition) is 2. The third kappa shape index (κ3) is 4.54. The predicted molar refractivity (Wildman–Crippen MR) is 82.2 cm³/mol. The van der Waals surface area contributed by atoms with Crippen molar-refractivity contribution in [1.82, 2.24) is 14.7 Å². The van der Waals surface area contributed by atoms with E-state index in [0.717, 1.165) is 31.6 Å². The maximum Gasteiger partial charge on any atom is 0.239 e. The molecule has 0 unspecified atom stereocenters. The molecule has 1 aliphatic rings. The molecule has 6 nitrogen and oxygen atoms in total. The zero-order chi connectivity index (χ0) is 15.1. The van der Waals surface area contributed by atoms with Gasteiger partial charge in [-0.1, -0.05) is 19.8 Å². The second kappa shape index (κ2) is 8.14. The van der Waals surface area contributed by atoms with Crippen LogP contribution in [-0.2, 0) is 4.79 Å². The first-order valence-corrected chi connectivity index (χ1v) is 7.91. The van der Waals surface area contributed by atoms with E-state index in [2.05, 4.69) is 17.3 Å². The van der Waals surface area contributed by atoms with Crippen molar-refractivity contribution in [2.75, 3.05) is 31.6 Å². The van der Waals surface area contributed by atoms with Gasteiger partial charge in [0.15, 0.2) is 0 Å². The highest BCUT2D eigenvalue weighted by Crippen LogP contribution is 2.31. The second-order valence-electron chi connectivity index (χ2n) is 5.65. The summed E-state index contributed by atoms with van der Waals surface area (Å²) in [5, 5.41) is 16.3. The minimum Gasteiger partial charge on any atom is -0.395 e. The quantitative estimate of drug-likeness (QED) is 0.764. The molecule has 0 aromatic carbocycles. The zero-order valence-electron chi connectivity index (χ0n) is 12.8. The Labute approximate surface area is 126 Å². The van der Waals surface area contributed by atoms with Crippen LogP contribution in [-0.4, -0.2) is 51.9 Å². The summed E-state index contributed by atoms with van der Waals surface area (Å²) in [6.07, 6.45) is 7.45. The van der Waals surface area contributed by atoms with E-state index in [1.165, 1.54) is 12.8 Å². The zero-order valence-corrected chi connectivity index (χ0v) is 12.8. The number of carbonyl (C=O) groups excluding carboxylic acids is 1. The smallest absolute Gasteiger partial charge is 0.239 e. The van der Waals surface area contributed by atoms with Crippen molar-refractivity contribution in [3.8, 4) is 0 Å². The third-order valence-electron chi connectivity index (χ3n) is 3.93. The summed E-state index contributed by atoms with van der Waals surface area (Å²) in [6.45, 7) is 3.80. The average Bonchev–Trinajstić information content (AvgIpc) is 3.09. The predicted octanol–water partition coefficient (Wildman–Crippen LogP) is 1.64. The summed E-state index contributed by atoms with van der Waals surface area (Å²) in [5.41, 5.74) is 0. The molecular formula is C15H26N4O2. The van der Waals surface area contributed by atoms with E-state index in [4.69, 9.17) is 5.11 Å². The first kappa shape index (κ1) is 16.0. The van der Waals surface area contributed by atoms with E-state index in [0.29, 0.717) is 19.1 Å². The number of nitrogens with zero attached hydrogens (tertiary/aromatic N) is 3. The Bertz CT molecular complexity index is 435. The van der Waals surface area contributed by atoms with Gasteiger partial charge in [0, 0.05) is 12.6 Å². The first-order chi connectivity index (χ1) is 10.2. The molecule has 1 heterocycles. The molecule has 1 aromatic heterocycles. The number of amides is 1. The first-order valence-electron chi connectivity index (χ1n) is 7.91. The van der Waals surface area contributed by atoms with Crippen molar-refractivity contribution in [1.29, 1.82) is 0 Å². The summed E-state index contributed by atoms with van der Waals surface area (Å²) in [6, 6.07) is 2.27. The molecule has 2 N–H and O–H groups in total. The monoisotopic (exact) mass is 294 g/mol. The molecule has 0 saturated heterocycles. The lowest BCUT2D eigenvalue weighted by atomic mass is 10.2. The van der Waals surface area contributed by atoms with Crippen molar-refractivity contribution in [3.63, 3.8) is 0 Å². The van der Waals surface area contributed by atoms with Gasteiger partial charge in [0.2, 0.25) is 5.91 Å².